The van der Waals surface area contributed by atoms with E-state index >= 15 is 0 Å². The van der Waals surface area contributed by atoms with Crippen LogP contribution in [0.2, 0.25) is 0 Å². The fourth-order valence-electron chi connectivity index (χ4n) is 2.17. The predicted molar refractivity (Wildman–Crippen MR) is 94.0 cm³/mol. The second-order valence-corrected chi connectivity index (χ2v) is 5.98. The minimum absolute atomic E-state index is 0.00824. The molecule has 0 spiro atoms. The van der Waals surface area contributed by atoms with E-state index in [2.05, 4.69) is 15.6 Å². The highest BCUT2D eigenvalue weighted by molar-refractivity contribution is 7.07. The summed E-state index contributed by atoms with van der Waals surface area (Å²) in [5.41, 5.74) is 0.477. The summed E-state index contributed by atoms with van der Waals surface area (Å²) >= 11 is 1.58. The third kappa shape index (κ3) is 5.67. The molecule has 0 bridgehead atoms. The summed E-state index contributed by atoms with van der Waals surface area (Å²) in [6, 6.07) is 5.90. The molecule has 0 aliphatic rings. The van der Waals surface area contributed by atoms with Crippen molar-refractivity contribution in [2.75, 3.05) is 13.7 Å². The van der Waals surface area contributed by atoms with Gasteiger partial charge in [-0.2, -0.15) is 24.5 Å². The van der Waals surface area contributed by atoms with Crippen molar-refractivity contribution in [3.05, 3.63) is 51.7 Å². The van der Waals surface area contributed by atoms with Crippen LogP contribution in [0.4, 0.5) is 13.2 Å². The van der Waals surface area contributed by atoms with E-state index in [1.807, 2.05) is 23.8 Å². The number of thiophene rings is 1. The number of aliphatic imine (C=N–C) groups is 1. The van der Waals surface area contributed by atoms with Crippen LogP contribution >= 0.6 is 11.3 Å². The van der Waals surface area contributed by atoms with E-state index in [1.165, 1.54) is 19.2 Å². The summed E-state index contributed by atoms with van der Waals surface area (Å²) in [4.78, 5) is 4.39. The molecule has 25 heavy (non-hydrogen) atoms. The van der Waals surface area contributed by atoms with Gasteiger partial charge >= 0.3 is 6.18 Å². The highest BCUT2D eigenvalue weighted by Crippen LogP contribution is 2.34. The Bertz CT molecular complexity index is 700. The SMILES string of the molecule is CCNC(=NCc1ccsc1)NCc1ccc(OC)cc1C(F)(F)F. The Morgan fingerprint density at radius 1 is 1.24 bits per heavy atom. The lowest BCUT2D eigenvalue weighted by atomic mass is 10.1. The zero-order valence-corrected chi connectivity index (χ0v) is 14.8. The van der Waals surface area contributed by atoms with Crippen LogP contribution in [-0.2, 0) is 19.3 Å². The van der Waals surface area contributed by atoms with E-state index in [-0.39, 0.29) is 17.9 Å². The molecule has 0 fully saturated rings. The molecule has 0 amide bonds. The number of nitrogens with zero attached hydrogens (tertiary/aromatic N) is 1. The number of methoxy groups -OCH3 is 1. The van der Waals surface area contributed by atoms with Crippen molar-refractivity contribution >= 4 is 17.3 Å². The van der Waals surface area contributed by atoms with Crippen molar-refractivity contribution in [3.63, 3.8) is 0 Å². The number of nitrogens with one attached hydrogen (secondary N) is 2. The Morgan fingerprint density at radius 2 is 2.04 bits per heavy atom. The van der Waals surface area contributed by atoms with Crippen LogP contribution in [0.1, 0.15) is 23.6 Å². The molecule has 4 nitrogen and oxygen atoms in total. The van der Waals surface area contributed by atoms with Gasteiger partial charge in [0, 0.05) is 13.1 Å². The maximum atomic E-state index is 13.2. The first-order chi connectivity index (χ1) is 11.9. The average molecular weight is 371 g/mol. The molecule has 0 atom stereocenters. The van der Waals surface area contributed by atoms with Crippen LogP contribution in [-0.4, -0.2) is 19.6 Å². The summed E-state index contributed by atoms with van der Waals surface area (Å²) in [5, 5.41) is 9.92. The Hall–Kier alpha value is -2.22. The highest BCUT2D eigenvalue weighted by Gasteiger charge is 2.33. The molecule has 0 saturated carbocycles. The van der Waals surface area contributed by atoms with Crippen LogP contribution < -0.4 is 15.4 Å². The predicted octanol–water partition coefficient (Wildman–Crippen LogP) is 4.03. The zero-order chi connectivity index (χ0) is 18.3. The van der Waals surface area contributed by atoms with Crippen LogP contribution in [0.5, 0.6) is 5.75 Å². The van der Waals surface area contributed by atoms with Crippen molar-refractivity contribution in [2.45, 2.75) is 26.2 Å². The molecule has 0 aliphatic carbocycles. The van der Waals surface area contributed by atoms with Gasteiger partial charge in [0.15, 0.2) is 5.96 Å². The summed E-state index contributed by atoms with van der Waals surface area (Å²) < 4.78 is 44.6. The number of ether oxygens (including phenoxy) is 1. The number of alkyl halides is 3. The van der Waals surface area contributed by atoms with E-state index in [1.54, 1.807) is 11.3 Å². The van der Waals surface area contributed by atoms with Crippen molar-refractivity contribution in [3.8, 4) is 5.75 Å². The van der Waals surface area contributed by atoms with E-state index in [9.17, 15) is 13.2 Å². The normalized spacial score (nSPS) is 12.1. The second-order valence-electron chi connectivity index (χ2n) is 5.20. The van der Waals surface area contributed by atoms with Crippen molar-refractivity contribution in [1.29, 1.82) is 0 Å². The van der Waals surface area contributed by atoms with Crippen LogP contribution in [0.25, 0.3) is 0 Å². The standard InChI is InChI=1S/C17H20F3N3OS/c1-3-21-16(22-9-12-6-7-25-11-12)23-10-13-4-5-14(24-2)8-15(13)17(18,19)20/h4-8,11H,3,9-10H2,1-2H3,(H2,21,22,23). The Balaban J connectivity index is 2.12. The molecule has 0 radical (unpaired) electrons. The summed E-state index contributed by atoms with van der Waals surface area (Å²) in [6.45, 7) is 2.99. The van der Waals surface area contributed by atoms with Crippen molar-refractivity contribution in [2.24, 2.45) is 4.99 Å². The van der Waals surface area contributed by atoms with Crippen molar-refractivity contribution in [1.82, 2.24) is 10.6 Å². The van der Waals surface area contributed by atoms with E-state index in [4.69, 9.17) is 4.74 Å². The number of halogens is 3. The van der Waals surface area contributed by atoms with Gasteiger partial charge in [0.05, 0.1) is 19.2 Å². The summed E-state index contributed by atoms with van der Waals surface area (Å²) in [5.74, 6) is 0.645. The van der Waals surface area contributed by atoms with Gasteiger partial charge in [-0.1, -0.05) is 6.07 Å². The molecule has 1 heterocycles. The molecule has 0 saturated heterocycles. The Morgan fingerprint density at radius 3 is 2.64 bits per heavy atom. The number of hydrogen-bond acceptors (Lipinski definition) is 3. The number of benzene rings is 1. The van der Waals surface area contributed by atoms with Gasteiger partial charge < -0.3 is 15.4 Å². The van der Waals surface area contributed by atoms with E-state index in [0.29, 0.717) is 19.0 Å². The van der Waals surface area contributed by atoms with Gasteiger partial charge in [0.25, 0.3) is 0 Å². The molecular formula is C17H20F3N3OS. The van der Waals surface area contributed by atoms with Crippen LogP contribution in [0.3, 0.4) is 0 Å². The molecule has 0 aliphatic heterocycles. The smallest absolute Gasteiger partial charge is 0.416 e. The largest absolute Gasteiger partial charge is 0.497 e. The molecule has 1 aromatic carbocycles. The van der Waals surface area contributed by atoms with Gasteiger partial charge in [-0.15, -0.1) is 0 Å². The maximum Gasteiger partial charge on any atom is 0.416 e. The third-order valence-corrected chi connectivity index (χ3v) is 4.14. The molecule has 1 aromatic heterocycles. The first kappa shape index (κ1) is 19.1. The summed E-state index contributed by atoms with van der Waals surface area (Å²) in [7, 11) is 1.34. The Kier molecular flexibility index (Phi) is 6.69. The maximum absolute atomic E-state index is 13.2. The summed E-state index contributed by atoms with van der Waals surface area (Å²) in [6.07, 6.45) is -4.45. The minimum Gasteiger partial charge on any atom is -0.497 e. The minimum atomic E-state index is -4.45. The number of hydrogen-bond donors (Lipinski definition) is 2. The zero-order valence-electron chi connectivity index (χ0n) is 14.0. The molecule has 2 N–H and O–H groups in total. The Labute approximate surface area is 148 Å². The van der Waals surface area contributed by atoms with Crippen LogP contribution in [0.15, 0.2) is 40.0 Å². The van der Waals surface area contributed by atoms with Gasteiger partial charge in [-0.3, -0.25) is 0 Å². The third-order valence-electron chi connectivity index (χ3n) is 3.41. The quantitative estimate of drug-likeness (QED) is 0.595. The molecule has 0 unspecified atom stereocenters. The van der Waals surface area contributed by atoms with Crippen molar-refractivity contribution < 1.29 is 17.9 Å². The second kappa shape index (κ2) is 8.75. The van der Waals surface area contributed by atoms with Gasteiger partial charge in [-0.05, 0) is 47.0 Å². The molecule has 136 valence electrons. The average Bonchev–Trinajstić information content (AvgIpc) is 3.10. The molecule has 2 rings (SSSR count). The van der Waals surface area contributed by atoms with Gasteiger partial charge in [-0.25, -0.2) is 4.99 Å². The number of rotatable bonds is 6. The van der Waals surface area contributed by atoms with Gasteiger partial charge in [0.2, 0.25) is 0 Å². The van der Waals surface area contributed by atoms with E-state index in [0.717, 1.165) is 11.6 Å². The lowest BCUT2D eigenvalue weighted by Gasteiger charge is -2.16. The molecule has 2 aromatic rings. The lowest BCUT2D eigenvalue weighted by Crippen LogP contribution is -2.37. The van der Waals surface area contributed by atoms with Crippen LogP contribution in [0, 0.1) is 0 Å². The fourth-order valence-corrected chi connectivity index (χ4v) is 2.83. The molecular weight excluding hydrogens is 351 g/mol. The lowest BCUT2D eigenvalue weighted by molar-refractivity contribution is -0.138. The van der Waals surface area contributed by atoms with E-state index < -0.39 is 11.7 Å². The first-order valence-electron chi connectivity index (χ1n) is 7.71. The number of guanidine groups is 1. The first-order valence-corrected chi connectivity index (χ1v) is 8.65. The molecule has 8 heteroatoms. The fraction of sp³-hybridized carbons (Fsp3) is 0.353. The highest BCUT2D eigenvalue weighted by atomic mass is 32.1. The van der Waals surface area contributed by atoms with Gasteiger partial charge in [0.1, 0.15) is 5.75 Å². The monoisotopic (exact) mass is 371 g/mol. The topological polar surface area (TPSA) is 45.7 Å².